The van der Waals surface area contributed by atoms with Crippen molar-refractivity contribution in [2.24, 2.45) is 5.41 Å². The smallest absolute Gasteiger partial charge is 0.0649 e. The molecule has 0 aliphatic heterocycles. The number of nitrogens with zero attached hydrogens (tertiary/aromatic N) is 2. The van der Waals surface area contributed by atoms with E-state index in [-0.39, 0.29) is 27.1 Å². The van der Waals surface area contributed by atoms with Crippen molar-refractivity contribution < 1.29 is 0 Å². The van der Waals surface area contributed by atoms with Crippen LogP contribution in [0.15, 0.2) is 66.9 Å². The van der Waals surface area contributed by atoms with E-state index in [9.17, 15) is 0 Å². The largest absolute Gasteiger partial charge is 0.237 e. The van der Waals surface area contributed by atoms with Crippen LogP contribution in [0.25, 0.3) is 27.9 Å². The standard InChI is InChI=1S/C42H58N2/c1-38(2,3)26-37-36(30-22-33(41(10,11)12)25-34(23-30)42(13,14)15)27-43-44(37)35-18-16-28(17-19-35)29-20-31(39(4,5)6)24-32(21-29)40(7,8)9/h16-25,27H,26H2,1-15H3. The average Bonchev–Trinajstić information content (AvgIpc) is 3.28. The first-order valence-corrected chi connectivity index (χ1v) is 16.4. The van der Waals surface area contributed by atoms with Crippen LogP contribution in [0.3, 0.4) is 0 Å². The first-order chi connectivity index (χ1) is 19.9. The van der Waals surface area contributed by atoms with Crippen LogP contribution in [0.5, 0.6) is 0 Å². The Bertz CT molecular complexity index is 1550. The highest BCUT2D eigenvalue weighted by molar-refractivity contribution is 5.70. The molecule has 44 heavy (non-hydrogen) atoms. The van der Waals surface area contributed by atoms with Gasteiger partial charge in [0.15, 0.2) is 0 Å². The van der Waals surface area contributed by atoms with Crippen LogP contribution in [-0.4, -0.2) is 9.78 Å². The van der Waals surface area contributed by atoms with Crippen LogP contribution in [-0.2, 0) is 28.1 Å². The molecule has 0 atom stereocenters. The predicted molar refractivity (Wildman–Crippen MR) is 192 cm³/mol. The summed E-state index contributed by atoms with van der Waals surface area (Å²) in [4.78, 5) is 0. The maximum Gasteiger partial charge on any atom is 0.0649 e. The fourth-order valence-corrected chi connectivity index (χ4v) is 5.61. The molecule has 236 valence electrons. The van der Waals surface area contributed by atoms with E-state index in [0.717, 1.165) is 12.1 Å². The number of hydrogen-bond donors (Lipinski definition) is 0. The Morgan fingerprint density at radius 1 is 0.477 bits per heavy atom. The van der Waals surface area contributed by atoms with Gasteiger partial charge in [-0.3, -0.25) is 0 Å². The van der Waals surface area contributed by atoms with Crippen LogP contribution in [0.4, 0.5) is 0 Å². The fraction of sp³-hybridized carbons (Fsp3) is 0.500. The Labute approximate surface area is 269 Å². The van der Waals surface area contributed by atoms with E-state index in [4.69, 9.17) is 5.10 Å². The van der Waals surface area contributed by atoms with E-state index >= 15 is 0 Å². The molecule has 0 N–H and O–H groups in total. The zero-order valence-electron chi connectivity index (χ0n) is 30.5. The summed E-state index contributed by atoms with van der Waals surface area (Å²) < 4.78 is 2.18. The van der Waals surface area contributed by atoms with Gasteiger partial charge in [0, 0.05) is 5.56 Å². The van der Waals surface area contributed by atoms with Gasteiger partial charge in [0.25, 0.3) is 0 Å². The van der Waals surface area contributed by atoms with Gasteiger partial charge < -0.3 is 0 Å². The van der Waals surface area contributed by atoms with E-state index in [1.54, 1.807) is 0 Å². The van der Waals surface area contributed by atoms with E-state index < -0.39 is 0 Å². The lowest BCUT2D eigenvalue weighted by Gasteiger charge is -2.27. The van der Waals surface area contributed by atoms with Crippen molar-refractivity contribution in [3.8, 4) is 27.9 Å². The maximum absolute atomic E-state index is 5.04. The van der Waals surface area contributed by atoms with Crippen LogP contribution in [0.2, 0.25) is 0 Å². The molecule has 2 heteroatoms. The predicted octanol–water partition coefficient (Wildman–Crippen LogP) is 12.0. The molecule has 0 amide bonds. The second kappa shape index (κ2) is 11.3. The normalized spacial score (nSPS) is 13.4. The Kier molecular flexibility index (Phi) is 8.70. The Morgan fingerprint density at radius 2 is 0.864 bits per heavy atom. The zero-order valence-corrected chi connectivity index (χ0v) is 30.5. The SMILES string of the molecule is CC(C)(C)Cc1c(-c2cc(C(C)(C)C)cc(C(C)(C)C)c2)cnn1-c1ccc(-c2cc(C(C)(C)C)cc(C(C)(C)C)c2)cc1. The van der Waals surface area contributed by atoms with Crippen molar-refractivity contribution in [3.05, 3.63) is 94.8 Å². The van der Waals surface area contributed by atoms with Crippen molar-refractivity contribution in [2.45, 2.75) is 132 Å². The highest BCUT2D eigenvalue weighted by Gasteiger charge is 2.26. The summed E-state index contributed by atoms with van der Waals surface area (Å²) in [6.45, 7) is 34.6. The van der Waals surface area contributed by atoms with Crippen LogP contribution >= 0.6 is 0 Å². The topological polar surface area (TPSA) is 17.8 Å². The first-order valence-electron chi connectivity index (χ1n) is 16.4. The lowest BCUT2D eigenvalue weighted by molar-refractivity contribution is 0.402. The third kappa shape index (κ3) is 7.74. The van der Waals surface area contributed by atoms with E-state index in [2.05, 4.69) is 175 Å². The van der Waals surface area contributed by atoms with Gasteiger partial charge in [-0.25, -0.2) is 4.68 Å². The fourth-order valence-electron chi connectivity index (χ4n) is 5.61. The molecule has 4 aromatic rings. The zero-order chi connectivity index (χ0) is 33.0. The third-order valence-electron chi connectivity index (χ3n) is 8.65. The van der Waals surface area contributed by atoms with E-state index in [0.29, 0.717) is 0 Å². The summed E-state index contributed by atoms with van der Waals surface area (Å²) >= 11 is 0. The lowest BCUT2D eigenvalue weighted by Crippen LogP contribution is -2.17. The summed E-state index contributed by atoms with van der Waals surface area (Å²) in [5.41, 5.74) is 13.3. The van der Waals surface area contributed by atoms with E-state index in [1.807, 2.05) is 0 Å². The van der Waals surface area contributed by atoms with Gasteiger partial charge >= 0.3 is 0 Å². The monoisotopic (exact) mass is 590 g/mol. The molecule has 3 aromatic carbocycles. The van der Waals surface area contributed by atoms with Gasteiger partial charge in [-0.15, -0.1) is 0 Å². The van der Waals surface area contributed by atoms with Gasteiger partial charge in [-0.1, -0.05) is 152 Å². The maximum atomic E-state index is 5.04. The van der Waals surface area contributed by atoms with Gasteiger partial charge in [0.1, 0.15) is 0 Å². The summed E-state index contributed by atoms with van der Waals surface area (Å²) in [5, 5.41) is 5.04. The van der Waals surface area contributed by atoms with Crippen LogP contribution in [0.1, 0.15) is 132 Å². The molecule has 0 bridgehead atoms. The average molecular weight is 591 g/mol. The number of rotatable bonds is 4. The van der Waals surface area contributed by atoms with Crippen LogP contribution in [0, 0.1) is 5.41 Å². The molecular formula is C42H58N2. The Balaban J connectivity index is 1.85. The molecule has 2 nitrogen and oxygen atoms in total. The number of benzene rings is 3. The third-order valence-corrected chi connectivity index (χ3v) is 8.65. The van der Waals surface area contributed by atoms with Crippen molar-refractivity contribution in [2.75, 3.05) is 0 Å². The van der Waals surface area contributed by atoms with Crippen molar-refractivity contribution >= 4 is 0 Å². The molecule has 0 unspecified atom stereocenters. The highest BCUT2D eigenvalue weighted by atomic mass is 15.3. The van der Waals surface area contributed by atoms with Gasteiger partial charge in [-0.2, -0.15) is 5.10 Å². The lowest BCUT2D eigenvalue weighted by atomic mass is 9.78. The van der Waals surface area contributed by atoms with Crippen molar-refractivity contribution in [1.29, 1.82) is 0 Å². The Hall–Kier alpha value is -3.13. The second-order valence-electron chi connectivity index (χ2n) is 18.3. The summed E-state index contributed by atoms with van der Waals surface area (Å²) in [5.74, 6) is 0. The number of aromatic nitrogens is 2. The summed E-state index contributed by atoms with van der Waals surface area (Å²) in [6, 6.07) is 23.3. The molecule has 0 aliphatic carbocycles. The van der Waals surface area contributed by atoms with Crippen LogP contribution < -0.4 is 0 Å². The quantitative estimate of drug-likeness (QED) is 0.231. The second-order valence-corrected chi connectivity index (χ2v) is 18.3. The summed E-state index contributed by atoms with van der Waals surface area (Å²) in [6.07, 6.45) is 3.02. The molecule has 1 heterocycles. The van der Waals surface area contributed by atoms with Crippen molar-refractivity contribution in [3.63, 3.8) is 0 Å². The first kappa shape index (κ1) is 33.8. The number of hydrogen-bond acceptors (Lipinski definition) is 1. The minimum atomic E-state index is 0.0587. The minimum absolute atomic E-state index is 0.0587. The minimum Gasteiger partial charge on any atom is -0.237 e. The molecule has 0 radical (unpaired) electrons. The van der Waals surface area contributed by atoms with Crippen molar-refractivity contribution in [1.82, 2.24) is 9.78 Å². The molecule has 1 aromatic heterocycles. The molecular weight excluding hydrogens is 532 g/mol. The molecule has 0 fully saturated rings. The van der Waals surface area contributed by atoms with Gasteiger partial charge in [0.2, 0.25) is 0 Å². The van der Waals surface area contributed by atoms with Gasteiger partial charge in [0.05, 0.1) is 17.6 Å². The molecule has 0 aliphatic rings. The van der Waals surface area contributed by atoms with E-state index in [1.165, 1.54) is 50.2 Å². The van der Waals surface area contributed by atoms with Gasteiger partial charge in [-0.05, 0) is 84.6 Å². The summed E-state index contributed by atoms with van der Waals surface area (Å²) in [7, 11) is 0. The molecule has 0 saturated heterocycles. The Morgan fingerprint density at radius 3 is 1.23 bits per heavy atom. The molecule has 0 saturated carbocycles. The molecule has 0 spiro atoms. The molecule has 4 rings (SSSR count). The highest BCUT2D eigenvalue weighted by Crippen LogP contribution is 2.38.